The summed E-state index contributed by atoms with van der Waals surface area (Å²) in [6.07, 6.45) is 1.94. The summed E-state index contributed by atoms with van der Waals surface area (Å²) in [6.45, 7) is 1.52. The van der Waals surface area contributed by atoms with Gasteiger partial charge in [-0.25, -0.2) is 14.2 Å². The lowest BCUT2D eigenvalue weighted by Gasteiger charge is -2.29. The fraction of sp³-hybridized carbons (Fsp3) is 0.304. The highest BCUT2D eigenvalue weighted by atomic mass is 19.1. The molecule has 2 saturated heterocycles. The van der Waals surface area contributed by atoms with Crippen molar-refractivity contribution in [3.05, 3.63) is 65.0 Å². The van der Waals surface area contributed by atoms with Crippen LogP contribution in [0.25, 0.3) is 0 Å². The highest BCUT2D eigenvalue weighted by Crippen LogP contribution is 2.36. The van der Waals surface area contributed by atoms with E-state index in [4.69, 9.17) is 14.5 Å². The highest BCUT2D eigenvalue weighted by Gasteiger charge is 2.44. The lowest BCUT2D eigenvalue weighted by atomic mass is 10.1. The Morgan fingerprint density at radius 2 is 1.97 bits per heavy atom. The number of nitrogens with zero attached hydrogens (tertiary/aromatic N) is 2. The van der Waals surface area contributed by atoms with Crippen molar-refractivity contribution in [1.82, 2.24) is 4.90 Å². The van der Waals surface area contributed by atoms with E-state index >= 15 is 0 Å². The molecule has 2 aromatic carbocycles. The number of aliphatic imine (C=N–C) groups is 1. The van der Waals surface area contributed by atoms with E-state index < -0.39 is 5.79 Å². The number of esters is 1. The van der Waals surface area contributed by atoms with E-state index in [1.165, 1.54) is 12.1 Å². The number of rotatable bonds is 0. The molecule has 5 nitrogen and oxygen atoms in total. The van der Waals surface area contributed by atoms with Crippen LogP contribution in [-0.4, -0.2) is 35.6 Å². The monoisotopic (exact) mass is 390 g/mol. The Balaban J connectivity index is 1.38. The van der Waals surface area contributed by atoms with E-state index in [1.807, 2.05) is 18.2 Å². The predicted molar refractivity (Wildman–Crippen MR) is 105 cm³/mol. The number of amidine groups is 1. The second-order valence-corrected chi connectivity index (χ2v) is 7.48. The number of carbonyl (C=O) groups excluding carboxylic acids is 1. The van der Waals surface area contributed by atoms with Crippen LogP contribution < -0.4 is 0 Å². The molecule has 3 aliphatic rings. The number of hydrogen-bond acceptors (Lipinski definition) is 5. The van der Waals surface area contributed by atoms with Crippen LogP contribution in [0, 0.1) is 17.7 Å². The van der Waals surface area contributed by atoms with Crippen molar-refractivity contribution in [2.45, 2.75) is 31.6 Å². The van der Waals surface area contributed by atoms with Gasteiger partial charge in [0.05, 0.1) is 5.69 Å². The van der Waals surface area contributed by atoms with Gasteiger partial charge in [0.1, 0.15) is 18.3 Å². The van der Waals surface area contributed by atoms with E-state index in [0.717, 1.165) is 35.7 Å². The molecule has 0 radical (unpaired) electrons. The van der Waals surface area contributed by atoms with Crippen molar-refractivity contribution >= 4 is 17.5 Å². The molecular weight excluding hydrogens is 371 g/mol. The molecule has 3 heterocycles. The molecular formula is C23H19FN2O3. The molecule has 146 valence electrons. The Kier molecular flexibility index (Phi) is 4.33. The average molecular weight is 390 g/mol. The number of carbonyl (C=O) groups is 1. The van der Waals surface area contributed by atoms with E-state index in [0.29, 0.717) is 24.8 Å². The molecule has 0 N–H and O–H groups in total. The third-order valence-corrected chi connectivity index (χ3v) is 5.48. The molecule has 0 aliphatic carbocycles. The molecule has 0 bridgehead atoms. The zero-order chi connectivity index (χ0) is 19.8. The summed E-state index contributed by atoms with van der Waals surface area (Å²) in [5, 5.41) is 0. The normalized spacial score (nSPS) is 22.7. The first-order valence-corrected chi connectivity index (χ1v) is 9.67. The van der Waals surface area contributed by atoms with Gasteiger partial charge < -0.3 is 14.4 Å². The van der Waals surface area contributed by atoms with Crippen LogP contribution in [0.15, 0.2) is 47.5 Å². The lowest BCUT2D eigenvalue weighted by Crippen LogP contribution is -2.34. The molecule has 0 aromatic heterocycles. The number of benzene rings is 2. The Bertz CT molecular complexity index is 1090. The SMILES string of the molecule is O=C1COC2(CCC3=Nc4cc(C#Cc5cccc(F)c5)ccc4CN3CC2)O1. The molecule has 29 heavy (non-hydrogen) atoms. The van der Waals surface area contributed by atoms with Crippen LogP contribution in [0.2, 0.25) is 0 Å². The van der Waals surface area contributed by atoms with E-state index in [-0.39, 0.29) is 18.4 Å². The molecule has 5 rings (SSSR count). The largest absolute Gasteiger partial charge is 0.431 e. The van der Waals surface area contributed by atoms with Gasteiger partial charge >= 0.3 is 5.97 Å². The number of ether oxygens (including phenoxy) is 2. The summed E-state index contributed by atoms with van der Waals surface area (Å²) in [7, 11) is 0. The van der Waals surface area contributed by atoms with Crippen LogP contribution in [0.4, 0.5) is 10.1 Å². The second-order valence-electron chi connectivity index (χ2n) is 7.48. The molecule has 0 saturated carbocycles. The zero-order valence-electron chi connectivity index (χ0n) is 15.8. The minimum atomic E-state index is -0.801. The summed E-state index contributed by atoms with van der Waals surface area (Å²) < 4.78 is 24.4. The Morgan fingerprint density at radius 3 is 2.76 bits per heavy atom. The Labute approximate surface area is 168 Å². The van der Waals surface area contributed by atoms with Crippen molar-refractivity contribution in [2.75, 3.05) is 13.2 Å². The summed E-state index contributed by atoms with van der Waals surface area (Å²) in [5.41, 5.74) is 3.51. The summed E-state index contributed by atoms with van der Waals surface area (Å²) >= 11 is 0. The summed E-state index contributed by atoms with van der Waals surface area (Å²) in [6, 6.07) is 12.2. The van der Waals surface area contributed by atoms with Gasteiger partial charge in [0.25, 0.3) is 0 Å². The van der Waals surface area contributed by atoms with Crippen molar-refractivity contribution in [1.29, 1.82) is 0 Å². The molecule has 3 aliphatic heterocycles. The van der Waals surface area contributed by atoms with Gasteiger partial charge in [-0.1, -0.05) is 24.0 Å². The third kappa shape index (κ3) is 3.62. The Hall–Kier alpha value is -3.17. The minimum absolute atomic E-state index is 0.0278. The molecule has 0 amide bonds. The quantitative estimate of drug-likeness (QED) is 0.510. The average Bonchev–Trinajstić information content (AvgIpc) is 3.00. The minimum Gasteiger partial charge on any atom is -0.431 e. The topological polar surface area (TPSA) is 51.1 Å². The van der Waals surface area contributed by atoms with Crippen LogP contribution in [0.3, 0.4) is 0 Å². The van der Waals surface area contributed by atoms with Gasteiger partial charge in [0.2, 0.25) is 5.79 Å². The zero-order valence-corrected chi connectivity index (χ0v) is 15.8. The first kappa shape index (κ1) is 17.9. The standard InChI is InChI=1S/C23H19FN2O3/c24-19-3-1-2-16(12-19)4-5-17-6-7-18-14-26-11-10-23(28-15-22(27)29-23)9-8-21(26)25-20(18)13-17/h1-3,6-7,12-13H,8-11,14-15H2. The number of fused-ring (bicyclic) bond motifs is 2. The second kappa shape index (κ2) is 7.02. The first-order chi connectivity index (χ1) is 14.1. The van der Waals surface area contributed by atoms with Crippen LogP contribution >= 0.6 is 0 Å². The fourth-order valence-corrected chi connectivity index (χ4v) is 3.95. The molecule has 2 aromatic rings. The first-order valence-electron chi connectivity index (χ1n) is 9.67. The van der Waals surface area contributed by atoms with E-state index in [9.17, 15) is 9.18 Å². The molecule has 1 atom stereocenters. The number of hydrogen-bond donors (Lipinski definition) is 0. The maximum Gasteiger partial charge on any atom is 0.334 e. The van der Waals surface area contributed by atoms with Gasteiger partial charge in [-0.2, -0.15) is 0 Å². The summed E-state index contributed by atoms with van der Waals surface area (Å²) in [4.78, 5) is 18.6. The van der Waals surface area contributed by atoms with Crippen LogP contribution in [-0.2, 0) is 20.8 Å². The fourth-order valence-electron chi connectivity index (χ4n) is 3.95. The van der Waals surface area contributed by atoms with Gasteiger partial charge in [0, 0.05) is 43.5 Å². The van der Waals surface area contributed by atoms with Crippen molar-refractivity contribution in [3.63, 3.8) is 0 Å². The third-order valence-electron chi connectivity index (χ3n) is 5.48. The molecule has 6 heteroatoms. The van der Waals surface area contributed by atoms with Crippen molar-refractivity contribution in [2.24, 2.45) is 4.99 Å². The summed E-state index contributed by atoms with van der Waals surface area (Å²) in [5.74, 6) is 5.68. The maximum absolute atomic E-state index is 13.3. The molecule has 1 spiro atoms. The lowest BCUT2D eigenvalue weighted by molar-refractivity contribution is -0.177. The van der Waals surface area contributed by atoms with Crippen molar-refractivity contribution in [3.8, 4) is 11.8 Å². The van der Waals surface area contributed by atoms with Gasteiger partial charge in [-0.05, 0) is 35.9 Å². The smallest absolute Gasteiger partial charge is 0.334 e. The maximum atomic E-state index is 13.3. The molecule has 1 unspecified atom stereocenters. The van der Waals surface area contributed by atoms with Gasteiger partial charge in [0.15, 0.2) is 0 Å². The number of halogens is 1. The predicted octanol–water partition coefficient (Wildman–Crippen LogP) is 3.52. The van der Waals surface area contributed by atoms with Gasteiger partial charge in [-0.3, -0.25) is 0 Å². The van der Waals surface area contributed by atoms with Crippen LogP contribution in [0.5, 0.6) is 0 Å². The van der Waals surface area contributed by atoms with E-state index in [2.05, 4.69) is 16.7 Å². The highest BCUT2D eigenvalue weighted by molar-refractivity contribution is 5.87. The Morgan fingerprint density at radius 1 is 1.10 bits per heavy atom. The van der Waals surface area contributed by atoms with E-state index in [1.54, 1.807) is 12.1 Å². The van der Waals surface area contributed by atoms with Crippen molar-refractivity contribution < 1.29 is 18.7 Å². The van der Waals surface area contributed by atoms with Crippen LogP contribution in [0.1, 0.15) is 36.0 Å². The van der Waals surface area contributed by atoms with Gasteiger partial charge in [-0.15, -0.1) is 0 Å². The molecule has 2 fully saturated rings.